The highest BCUT2D eigenvalue weighted by Gasteiger charge is 2.34. The van der Waals surface area contributed by atoms with Crippen molar-refractivity contribution in [1.29, 1.82) is 0 Å². The molecule has 10 heteroatoms. The first-order valence-electron chi connectivity index (χ1n) is 9.06. The number of halogens is 4. The van der Waals surface area contributed by atoms with Crippen molar-refractivity contribution in [3.63, 3.8) is 0 Å². The smallest absolute Gasteiger partial charge is 0.338 e. The molecule has 1 saturated heterocycles. The Hall–Kier alpha value is -3.01. The molecule has 1 unspecified atom stereocenters. The summed E-state index contributed by atoms with van der Waals surface area (Å²) in [5.41, 5.74) is 0.379. The molecular weight excluding hydrogens is 388 g/mol. The predicted molar refractivity (Wildman–Crippen MR) is 97.7 cm³/mol. The van der Waals surface area contributed by atoms with Crippen LogP contribution >= 0.6 is 0 Å². The van der Waals surface area contributed by atoms with Crippen LogP contribution in [0.5, 0.6) is 0 Å². The Morgan fingerprint density at radius 2 is 1.79 bits per heavy atom. The van der Waals surface area contributed by atoms with E-state index in [1.807, 2.05) is 0 Å². The van der Waals surface area contributed by atoms with Crippen molar-refractivity contribution >= 4 is 5.95 Å². The van der Waals surface area contributed by atoms with Crippen LogP contribution in [0, 0.1) is 5.82 Å². The van der Waals surface area contributed by atoms with Gasteiger partial charge < -0.3 is 4.90 Å². The quantitative estimate of drug-likeness (QED) is 0.674. The van der Waals surface area contributed by atoms with E-state index in [1.54, 1.807) is 35.5 Å². The molecule has 1 N–H and O–H groups in total. The molecule has 0 bridgehead atoms. The summed E-state index contributed by atoms with van der Waals surface area (Å²) in [6.07, 6.45) is -0.0271. The van der Waals surface area contributed by atoms with Gasteiger partial charge in [-0.25, -0.2) is 14.4 Å². The van der Waals surface area contributed by atoms with Crippen LogP contribution in [-0.2, 0) is 6.18 Å². The average Bonchev–Trinajstić information content (AvgIpc) is 3.24. The number of aromatic nitrogens is 4. The molecule has 1 aromatic carbocycles. The number of alkyl halides is 3. The van der Waals surface area contributed by atoms with Crippen LogP contribution in [-0.4, -0.2) is 51.2 Å². The molecule has 0 aliphatic carbocycles. The molecule has 0 saturated carbocycles. The number of H-pyrrole nitrogens is 1. The summed E-state index contributed by atoms with van der Waals surface area (Å²) in [5, 5.41) is 6.73. The van der Waals surface area contributed by atoms with Gasteiger partial charge in [0.05, 0.1) is 12.2 Å². The number of hydrogen-bond acceptors (Lipinski definition) is 5. The minimum atomic E-state index is -4.52. The van der Waals surface area contributed by atoms with Crippen molar-refractivity contribution in [2.75, 3.05) is 31.1 Å². The van der Waals surface area contributed by atoms with Gasteiger partial charge in [-0.1, -0.05) is 18.2 Å². The van der Waals surface area contributed by atoms with Gasteiger partial charge in [-0.05, 0) is 12.1 Å². The molecule has 0 spiro atoms. The normalized spacial score (nSPS) is 16.8. The highest BCUT2D eigenvalue weighted by molar-refractivity contribution is 5.34. The van der Waals surface area contributed by atoms with Crippen molar-refractivity contribution < 1.29 is 17.6 Å². The fourth-order valence-electron chi connectivity index (χ4n) is 3.53. The van der Waals surface area contributed by atoms with Crippen LogP contribution in [0.2, 0.25) is 0 Å². The van der Waals surface area contributed by atoms with Crippen LogP contribution in [0.1, 0.15) is 22.9 Å². The SMILES string of the molecule is Fc1ccccc1C(c1cn[nH]c1)N1CCN(c2nccc(C(F)(F)F)n2)CC1. The molecule has 2 aromatic heterocycles. The molecule has 152 valence electrons. The standard InChI is InChI=1S/C19H18F4N6/c20-15-4-2-1-3-14(15)17(13-11-25-26-12-13)28-7-9-29(10-8-28)18-24-6-5-16(27-18)19(21,22)23/h1-6,11-12,17H,7-10H2,(H,25,26). The molecule has 29 heavy (non-hydrogen) atoms. The second-order valence-corrected chi connectivity index (χ2v) is 6.72. The number of piperazine rings is 1. The van der Waals surface area contributed by atoms with Crippen LogP contribution < -0.4 is 4.90 Å². The largest absolute Gasteiger partial charge is 0.433 e. The topological polar surface area (TPSA) is 60.9 Å². The molecule has 1 aliphatic heterocycles. The Balaban J connectivity index is 1.54. The Bertz CT molecular complexity index is 951. The summed E-state index contributed by atoms with van der Waals surface area (Å²) in [5.74, 6) is -0.271. The minimum absolute atomic E-state index is 0.0465. The number of anilines is 1. The van der Waals surface area contributed by atoms with Gasteiger partial charge in [-0.15, -0.1) is 0 Å². The molecule has 6 nitrogen and oxygen atoms in total. The second-order valence-electron chi connectivity index (χ2n) is 6.72. The number of rotatable bonds is 4. The van der Waals surface area contributed by atoms with E-state index < -0.39 is 11.9 Å². The Morgan fingerprint density at radius 1 is 1.03 bits per heavy atom. The third-order valence-corrected chi connectivity index (χ3v) is 4.93. The van der Waals surface area contributed by atoms with Gasteiger partial charge in [-0.2, -0.15) is 18.3 Å². The van der Waals surface area contributed by atoms with E-state index in [4.69, 9.17) is 0 Å². The summed E-state index contributed by atoms with van der Waals surface area (Å²) in [6, 6.07) is 7.06. The van der Waals surface area contributed by atoms with Gasteiger partial charge in [0.25, 0.3) is 0 Å². The number of nitrogens with one attached hydrogen (secondary N) is 1. The van der Waals surface area contributed by atoms with Crippen LogP contribution in [0.15, 0.2) is 48.9 Å². The number of aromatic amines is 1. The first-order chi connectivity index (χ1) is 13.9. The molecule has 0 radical (unpaired) electrons. The van der Waals surface area contributed by atoms with Crippen molar-refractivity contribution in [3.05, 3.63) is 71.6 Å². The monoisotopic (exact) mass is 406 g/mol. The summed E-state index contributed by atoms with van der Waals surface area (Å²) < 4.78 is 53.3. The Kier molecular flexibility index (Phi) is 5.18. The first kappa shape index (κ1) is 19.3. The number of benzene rings is 1. The van der Waals surface area contributed by atoms with E-state index in [1.165, 1.54) is 6.07 Å². The molecule has 3 heterocycles. The maximum atomic E-state index is 14.5. The highest BCUT2D eigenvalue weighted by Crippen LogP contribution is 2.32. The molecule has 3 aromatic rings. The van der Waals surface area contributed by atoms with Crippen molar-refractivity contribution in [2.24, 2.45) is 0 Å². The van der Waals surface area contributed by atoms with Crippen molar-refractivity contribution in [2.45, 2.75) is 12.2 Å². The molecule has 4 rings (SSSR count). The van der Waals surface area contributed by atoms with E-state index >= 15 is 0 Å². The second kappa shape index (κ2) is 7.78. The lowest BCUT2D eigenvalue weighted by molar-refractivity contribution is -0.141. The van der Waals surface area contributed by atoms with Gasteiger partial charge in [0.15, 0.2) is 0 Å². The van der Waals surface area contributed by atoms with E-state index in [0.717, 1.165) is 17.8 Å². The summed E-state index contributed by atoms with van der Waals surface area (Å²) in [4.78, 5) is 11.4. The van der Waals surface area contributed by atoms with E-state index in [-0.39, 0.29) is 17.8 Å². The van der Waals surface area contributed by atoms with Gasteiger partial charge in [0.2, 0.25) is 5.95 Å². The third-order valence-electron chi connectivity index (χ3n) is 4.93. The summed E-state index contributed by atoms with van der Waals surface area (Å²) in [7, 11) is 0. The maximum Gasteiger partial charge on any atom is 0.433 e. The Morgan fingerprint density at radius 3 is 2.45 bits per heavy atom. The summed E-state index contributed by atoms with van der Waals surface area (Å²) in [6.45, 7) is 1.85. The molecule has 1 atom stereocenters. The number of nitrogens with zero attached hydrogens (tertiary/aromatic N) is 5. The van der Waals surface area contributed by atoms with E-state index in [2.05, 4.69) is 25.1 Å². The zero-order chi connectivity index (χ0) is 20.4. The van der Waals surface area contributed by atoms with Gasteiger partial charge >= 0.3 is 6.18 Å². The molecule has 1 fully saturated rings. The summed E-state index contributed by atoms with van der Waals surface area (Å²) >= 11 is 0. The van der Waals surface area contributed by atoms with Crippen molar-refractivity contribution in [3.8, 4) is 0 Å². The van der Waals surface area contributed by atoms with Crippen LogP contribution in [0.25, 0.3) is 0 Å². The lowest BCUT2D eigenvalue weighted by Crippen LogP contribution is -2.48. The predicted octanol–water partition coefficient (Wildman–Crippen LogP) is 3.27. The van der Waals surface area contributed by atoms with Gasteiger partial charge in [-0.3, -0.25) is 10.00 Å². The molecule has 0 amide bonds. The number of hydrogen-bond donors (Lipinski definition) is 1. The lowest BCUT2D eigenvalue weighted by Gasteiger charge is -2.39. The van der Waals surface area contributed by atoms with Crippen LogP contribution in [0.3, 0.4) is 0 Å². The lowest BCUT2D eigenvalue weighted by atomic mass is 9.98. The van der Waals surface area contributed by atoms with Gasteiger partial charge in [0, 0.05) is 49.7 Å². The maximum absolute atomic E-state index is 14.5. The molecular formula is C19H18F4N6. The van der Waals surface area contributed by atoms with Crippen molar-refractivity contribution in [1.82, 2.24) is 25.1 Å². The highest BCUT2D eigenvalue weighted by atomic mass is 19.4. The fourth-order valence-corrected chi connectivity index (χ4v) is 3.53. The van der Waals surface area contributed by atoms with Crippen LogP contribution in [0.4, 0.5) is 23.5 Å². The fraction of sp³-hybridized carbons (Fsp3) is 0.316. The zero-order valence-corrected chi connectivity index (χ0v) is 15.3. The minimum Gasteiger partial charge on any atom is -0.338 e. The zero-order valence-electron chi connectivity index (χ0n) is 15.3. The third kappa shape index (κ3) is 4.07. The van der Waals surface area contributed by atoms with E-state index in [0.29, 0.717) is 31.7 Å². The first-order valence-corrected chi connectivity index (χ1v) is 9.06. The average molecular weight is 406 g/mol. The van der Waals surface area contributed by atoms with E-state index in [9.17, 15) is 17.6 Å². The molecule has 1 aliphatic rings. The van der Waals surface area contributed by atoms with Gasteiger partial charge in [0.1, 0.15) is 11.5 Å². The Labute approximate surface area is 164 Å².